The van der Waals surface area contributed by atoms with Crippen molar-refractivity contribution in [1.82, 2.24) is 5.32 Å². The second kappa shape index (κ2) is 6.70. The number of ketones is 1. The lowest BCUT2D eigenvalue weighted by Crippen LogP contribution is -2.34. The molecule has 0 heterocycles. The zero-order valence-corrected chi connectivity index (χ0v) is 13.2. The largest absolute Gasteiger partial charge is 0.398 e. The van der Waals surface area contributed by atoms with Crippen LogP contribution in [0.4, 0.5) is 5.69 Å². The molecule has 0 aromatic heterocycles. The monoisotopic (exact) mass is 340 g/mol. The average Bonchev–Trinajstić information content (AvgIpc) is 2.42. The first-order valence-corrected chi connectivity index (χ1v) is 7.77. The summed E-state index contributed by atoms with van der Waals surface area (Å²) in [5.41, 5.74) is 8.34. The van der Waals surface area contributed by atoms with Crippen molar-refractivity contribution in [3.05, 3.63) is 27.7 Å². The molecule has 5 heteroatoms. The molecule has 0 radical (unpaired) electrons. The number of aliphatic hydroxyl groups excluding tert-OH is 1. The molecule has 1 aromatic rings. The van der Waals surface area contributed by atoms with E-state index in [0.717, 1.165) is 35.7 Å². The summed E-state index contributed by atoms with van der Waals surface area (Å²) in [6.07, 6.45) is 3.52. The molecule has 2 rings (SSSR count). The fraction of sp³-hybridized carbons (Fsp3) is 0.533. The Balaban J connectivity index is 2.03. The van der Waals surface area contributed by atoms with Crippen LogP contribution in [0.15, 0.2) is 16.6 Å². The van der Waals surface area contributed by atoms with Crippen LogP contribution in [0.3, 0.4) is 0 Å². The molecule has 20 heavy (non-hydrogen) atoms. The van der Waals surface area contributed by atoms with Crippen molar-refractivity contribution in [1.29, 1.82) is 0 Å². The first-order valence-electron chi connectivity index (χ1n) is 6.97. The van der Waals surface area contributed by atoms with Gasteiger partial charge in [-0.3, -0.25) is 4.79 Å². The SMILES string of the molecule is CC(=O)c1cc(Br)c(N)c(CNC2CCC(O)CC2)c1. The predicted molar refractivity (Wildman–Crippen MR) is 83.7 cm³/mol. The van der Waals surface area contributed by atoms with E-state index in [9.17, 15) is 9.90 Å². The summed E-state index contributed by atoms with van der Waals surface area (Å²) >= 11 is 3.40. The number of nitrogens with two attached hydrogens (primary N) is 1. The number of carbonyl (C=O) groups is 1. The summed E-state index contributed by atoms with van der Waals surface area (Å²) in [5, 5.41) is 13.0. The second-order valence-corrected chi connectivity index (χ2v) is 6.33. The first kappa shape index (κ1) is 15.5. The molecule has 110 valence electrons. The molecule has 0 unspecified atom stereocenters. The molecule has 1 fully saturated rings. The third-order valence-electron chi connectivity index (χ3n) is 3.90. The van der Waals surface area contributed by atoms with Gasteiger partial charge in [-0.2, -0.15) is 0 Å². The fourth-order valence-electron chi connectivity index (χ4n) is 2.56. The van der Waals surface area contributed by atoms with E-state index < -0.39 is 0 Å². The van der Waals surface area contributed by atoms with Crippen LogP contribution in [-0.2, 0) is 6.54 Å². The Kier molecular flexibility index (Phi) is 5.18. The van der Waals surface area contributed by atoms with E-state index in [1.807, 2.05) is 6.07 Å². The molecule has 1 aromatic carbocycles. The van der Waals surface area contributed by atoms with Crippen LogP contribution < -0.4 is 11.1 Å². The number of hydrogen-bond donors (Lipinski definition) is 3. The Hall–Kier alpha value is -0.910. The molecular weight excluding hydrogens is 320 g/mol. The maximum Gasteiger partial charge on any atom is 0.159 e. The second-order valence-electron chi connectivity index (χ2n) is 5.47. The lowest BCUT2D eigenvalue weighted by molar-refractivity contribution is 0.101. The van der Waals surface area contributed by atoms with Crippen LogP contribution in [0.5, 0.6) is 0 Å². The van der Waals surface area contributed by atoms with E-state index >= 15 is 0 Å². The van der Waals surface area contributed by atoms with Gasteiger partial charge in [-0.05, 0) is 66.2 Å². The zero-order chi connectivity index (χ0) is 14.7. The van der Waals surface area contributed by atoms with Gasteiger partial charge in [-0.15, -0.1) is 0 Å². The molecule has 0 saturated heterocycles. The molecule has 1 aliphatic carbocycles. The lowest BCUT2D eigenvalue weighted by Gasteiger charge is -2.26. The van der Waals surface area contributed by atoms with Crippen LogP contribution in [0.2, 0.25) is 0 Å². The Bertz CT molecular complexity index is 497. The number of carbonyl (C=O) groups excluding carboxylic acids is 1. The molecule has 0 atom stereocenters. The number of Topliss-reactive ketones (excluding diaryl/α,β-unsaturated/α-hetero) is 1. The van der Waals surface area contributed by atoms with E-state index in [0.29, 0.717) is 23.8 Å². The minimum absolute atomic E-state index is 0.0349. The molecule has 0 spiro atoms. The van der Waals surface area contributed by atoms with Crippen molar-refractivity contribution >= 4 is 27.4 Å². The van der Waals surface area contributed by atoms with Gasteiger partial charge in [-0.25, -0.2) is 0 Å². The van der Waals surface area contributed by atoms with Gasteiger partial charge in [0.15, 0.2) is 5.78 Å². The molecule has 0 amide bonds. The fourth-order valence-corrected chi connectivity index (χ4v) is 3.06. The number of rotatable bonds is 4. The third kappa shape index (κ3) is 3.81. The van der Waals surface area contributed by atoms with Gasteiger partial charge in [0.1, 0.15) is 0 Å². The molecule has 0 bridgehead atoms. The summed E-state index contributed by atoms with van der Waals surface area (Å²) in [7, 11) is 0. The predicted octanol–water partition coefficient (Wildman–Crippen LogP) is 2.63. The van der Waals surface area contributed by atoms with Crippen LogP contribution in [0.1, 0.15) is 48.5 Å². The summed E-state index contributed by atoms with van der Waals surface area (Å²) in [6.45, 7) is 2.20. The van der Waals surface area contributed by atoms with Crippen molar-refractivity contribution in [3.8, 4) is 0 Å². The number of nitrogens with one attached hydrogen (secondary N) is 1. The lowest BCUT2D eigenvalue weighted by atomic mass is 9.93. The van der Waals surface area contributed by atoms with Gasteiger partial charge in [0.2, 0.25) is 0 Å². The quantitative estimate of drug-likeness (QED) is 0.581. The normalized spacial score (nSPS) is 22.8. The Morgan fingerprint density at radius 2 is 2.05 bits per heavy atom. The van der Waals surface area contributed by atoms with Crippen LogP contribution >= 0.6 is 15.9 Å². The Morgan fingerprint density at radius 1 is 1.40 bits per heavy atom. The molecule has 1 aliphatic rings. The van der Waals surface area contributed by atoms with E-state index in [1.54, 1.807) is 13.0 Å². The highest BCUT2D eigenvalue weighted by Gasteiger charge is 2.19. The van der Waals surface area contributed by atoms with E-state index in [-0.39, 0.29) is 11.9 Å². The van der Waals surface area contributed by atoms with Gasteiger partial charge in [0, 0.05) is 22.6 Å². The maximum atomic E-state index is 11.5. The van der Waals surface area contributed by atoms with Gasteiger partial charge in [-0.1, -0.05) is 0 Å². The molecule has 4 nitrogen and oxygen atoms in total. The van der Waals surface area contributed by atoms with Crippen LogP contribution in [-0.4, -0.2) is 23.0 Å². The highest BCUT2D eigenvalue weighted by atomic mass is 79.9. The van der Waals surface area contributed by atoms with Crippen molar-refractivity contribution in [2.45, 2.75) is 51.3 Å². The zero-order valence-electron chi connectivity index (χ0n) is 11.7. The van der Waals surface area contributed by atoms with Gasteiger partial charge in [0.05, 0.1) is 11.8 Å². The van der Waals surface area contributed by atoms with E-state index in [4.69, 9.17) is 5.73 Å². The topological polar surface area (TPSA) is 75.4 Å². The standard InChI is InChI=1S/C15H21BrN2O2/c1-9(19)10-6-11(15(17)14(16)7-10)8-18-12-2-4-13(20)5-3-12/h6-7,12-13,18,20H,2-5,8,17H2,1H3. The molecule has 1 saturated carbocycles. The number of anilines is 1. The molecule has 0 aliphatic heterocycles. The minimum atomic E-state index is -0.145. The van der Waals surface area contributed by atoms with Crippen molar-refractivity contribution in [2.75, 3.05) is 5.73 Å². The summed E-state index contributed by atoms with van der Waals surface area (Å²) in [6, 6.07) is 4.03. The summed E-state index contributed by atoms with van der Waals surface area (Å²) in [5.74, 6) is 0.0349. The van der Waals surface area contributed by atoms with Gasteiger partial charge in [0.25, 0.3) is 0 Å². The molecular formula is C15H21BrN2O2. The third-order valence-corrected chi connectivity index (χ3v) is 4.56. The van der Waals surface area contributed by atoms with Crippen molar-refractivity contribution in [2.24, 2.45) is 0 Å². The van der Waals surface area contributed by atoms with Crippen molar-refractivity contribution < 1.29 is 9.90 Å². The van der Waals surface area contributed by atoms with Crippen LogP contribution in [0.25, 0.3) is 0 Å². The number of halogens is 1. The Labute approximate surface area is 127 Å². The van der Waals surface area contributed by atoms with E-state index in [2.05, 4.69) is 21.2 Å². The van der Waals surface area contributed by atoms with Gasteiger partial charge < -0.3 is 16.2 Å². The Morgan fingerprint density at radius 3 is 2.65 bits per heavy atom. The summed E-state index contributed by atoms with van der Waals surface area (Å²) < 4.78 is 0.765. The van der Waals surface area contributed by atoms with Crippen LogP contribution in [0, 0.1) is 0 Å². The highest BCUT2D eigenvalue weighted by Crippen LogP contribution is 2.26. The maximum absolute atomic E-state index is 11.5. The number of nitrogen functional groups attached to an aromatic ring is 1. The smallest absolute Gasteiger partial charge is 0.159 e. The highest BCUT2D eigenvalue weighted by molar-refractivity contribution is 9.10. The van der Waals surface area contributed by atoms with Gasteiger partial charge >= 0.3 is 0 Å². The molecule has 4 N–H and O–H groups in total. The number of hydrogen-bond acceptors (Lipinski definition) is 4. The minimum Gasteiger partial charge on any atom is -0.398 e. The number of benzene rings is 1. The first-order chi connectivity index (χ1) is 9.47. The van der Waals surface area contributed by atoms with Crippen molar-refractivity contribution in [3.63, 3.8) is 0 Å². The average molecular weight is 341 g/mol. The number of aliphatic hydroxyl groups is 1. The van der Waals surface area contributed by atoms with E-state index in [1.165, 1.54) is 0 Å². The summed E-state index contributed by atoms with van der Waals surface area (Å²) in [4.78, 5) is 11.5.